The van der Waals surface area contributed by atoms with E-state index in [2.05, 4.69) is 21.2 Å². The summed E-state index contributed by atoms with van der Waals surface area (Å²) < 4.78 is 14.1. The molecule has 0 bridgehead atoms. The lowest BCUT2D eigenvalue weighted by molar-refractivity contribution is -0.150. The number of carbonyl (C=O) groups is 2. The molecule has 1 aromatic carbocycles. The number of halogens is 2. The molecule has 0 aromatic heterocycles. The summed E-state index contributed by atoms with van der Waals surface area (Å²) in [6.07, 6.45) is 0. The Balaban J connectivity index is 2.33. The maximum absolute atomic E-state index is 13.5. The van der Waals surface area contributed by atoms with Crippen LogP contribution < -0.4 is 5.32 Å². The third-order valence-electron chi connectivity index (χ3n) is 3.39. The maximum atomic E-state index is 13.5. The van der Waals surface area contributed by atoms with Gasteiger partial charge in [0.05, 0.1) is 6.54 Å². The van der Waals surface area contributed by atoms with Gasteiger partial charge >= 0.3 is 0 Å². The lowest BCUT2D eigenvalue weighted by Gasteiger charge is -2.42. The van der Waals surface area contributed by atoms with Crippen molar-refractivity contribution in [3.05, 3.63) is 34.1 Å². The molecule has 0 radical (unpaired) electrons. The van der Waals surface area contributed by atoms with Gasteiger partial charge in [-0.05, 0) is 29.2 Å². The molecule has 4 nitrogen and oxygen atoms in total. The van der Waals surface area contributed by atoms with Crippen molar-refractivity contribution < 1.29 is 14.0 Å². The Labute approximate surface area is 131 Å². The Bertz CT molecular complexity index is 563. The minimum absolute atomic E-state index is 0.0120. The van der Waals surface area contributed by atoms with Gasteiger partial charge in [-0.2, -0.15) is 0 Å². The van der Waals surface area contributed by atoms with Gasteiger partial charge in [0.25, 0.3) is 0 Å². The van der Waals surface area contributed by atoms with E-state index >= 15 is 0 Å². The van der Waals surface area contributed by atoms with Gasteiger partial charge in [0.15, 0.2) is 0 Å². The van der Waals surface area contributed by atoms with Crippen LogP contribution in [0.15, 0.2) is 22.7 Å². The third-order valence-corrected chi connectivity index (χ3v) is 3.85. The molecule has 1 aliphatic rings. The fourth-order valence-corrected chi connectivity index (χ4v) is 3.10. The van der Waals surface area contributed by atoms with Crippen LogP contribution in [0, 0.1) is 11.2 Å². The highest BCUT2D eigenvalue weighted by molar-refractivity contribution is 9.10. The van der Waals surface area contributed by atoms with Crippen LogP contribution in [0.5, 0.6) is 0 Å². The normalized spacial score (nSPS) is 19.7. The Kier molecular flexibility index (Phi) is 4.37. The van der Waals surface area contributed by atoms with Crippen LogP contribution in [0.3, 0.4) is 0 Å². The molecule has 21 heavy (non-hydrogen) atoms. The summed E-state index contributed by atoms with van der Waals surface area (Å²) in [4.78, 5) is 25.8. The average Bonchev–Trinajstić information content (AvgIpc) is 2.31. The zero-order valence-corrected chi connectivity index (χ0v) is 13.8. The molecule has 1 fully saturated rings. The van der Waals surface area contributed by atoms with Crippen LogP contribution >= 0.6 is 15.9 Å². The zero-order chi connectivity index (χ0) is 15.8. The lowest BCUT2D eigenvalue weighted by atomic mass is 9.83. The summed E-state index contributed by atoms with van der Waals surface area (Å²) >= 11 is 3.24. The smallest absolute Gasteiger partial charge is 0.243 e. The lowest BCUT2D eigenvalue weighted by Crippen LogP contribution is -2.62. The largest absolute Gasteiger partial charge is 0.345 e. The number of hydrogen-bond acceptors (Lipinski definition) is 2. The van der Waals surface area contributed by atoms with Crippen molar-refractivity contribution in [1.29, 1.82) is 0 Å². The number of nitrogens with zero attached hydrogens (tertiary/aromatic N) is 1. The fraction of sp³-hybridized carbons (Fsp3) is 0.467. The highest BCUT2D eigenvalue weighted by atomic mass is 79.9. The van der Waals surface area contributed by atoms with E-state index in [1.54, 1.807) is 6.07 Å². The number of nitrogens with one attached hydrogen (secondary N) is 1. The number of rotatable bonds is 2. The minimum atomic E-state index is -0.569. The third kappa shape index (κ3) is 3.61. The minimum Gasteiger partial charge on any atom is -0.345 e. The Morgan fingerprint density at radius 1 is 1.33 bits per heavy atom. The summed E-state index contributed by atoms with van der Waals surface area (Å²) in [6.45, 7) is 5.92. The van der Waals surface area contributed by atoms with Crippen LogP contribution in [0.1, 0.15) is 26.3 Å². The van der Waals surface area contributed by atoms with E-state index in [1.807, 2.05) is 20.8 Å². The predicted octanol–water partition coefficient (Wildman–Crippen LogP) is 2.46. The summed E-state index contributed by atoms with van der Waals surface area (Å²) in [5.74, 6) is -0.701. The van der Waals surface area contributed by atoms with Crippen molar-refractivity contribution in [3.8, 4) is 0 Å². The molecule has 0 saturated carbocycles. The molecule has 2 rings (SSSR count). The fourth-order valence-electron chi connectivity index (χ4n) is 2.59. The van der Waals surface area contributed by atoms with E-state index in [0.29, 0.717) is 10.0 Å². The Hall–Kier alpha value is -1.43. The van der Waals surface area contributed by atoms with Crippen LogP contribution in [0.4, 0.5) is 4.39 Å². The van der Waals surface area contributed by atoms with Gasteiger partial charge in [-0.15, -0.1) is 0 Å². The van der Waals surface area contributed by atoms with Crippen LogP contribution in [0.2, 0.25) is 0 Å². The SMILES string of the molecule is CC(C)(C)C1C(=O)NCC(=O)N1Cc1cc(F)cc(Br)c1. The van der Waals surface area contributed by atoms with Gasteiger partial charge in [0.1, 0.15) is 11.9 Å². The van der Waals surface area contributed by atoms with Gasteiger partial charge in [0, 0.05) is 11.0 Å². The Morgan fingerprint density at radius 3 is 2.57 bits per heavy atom. The molecule has 1 unspecified atom stereocenters. The van der Waals surface area contributed by atoms with Crippen molar-refractivity contribution in [2.75, 3.05) is 6.54 Å². The van der Waals surface area contributed by atoms with Crippen LogP contribution in [0.25, 0.3) is 0 Å². The molecule has 1 saturated heterocycles. The van der Waals surface area contributed by atoms with Crippen molar-refractivity contribution in [2.45, 2.75) is 33.4 Å². The second kappa shape index (κ2) is 5.75. The number of benzene rings is 1. The number of carbonyl (C=O) groups excluding carboxylic acids is 2. The maximum Gasteiger partial charge on any atom is 0.243 e. The van der Waals surface area contributed by atoms with E-state index in [9.17, 15) is 14.0 Å². The highest BCUT2D eigenvalue weighted by Gasteiger charge is 2.41. The molecular weight excluding hydrogens is 339 g/mol. The molecule has 0 aliphatic carbocycles. The molecule has 6 heteroatoms. The summed E-state index contributed by atoms with van der Waals surface area (Å²) in [5, 5.41) is 2.61. The molecule has 1 aliphatic heterocycles. The molecule has 1 heterocycles. The quantitative estimate of drug-likeness (QED) is 0.884. The standard InChI is InChI=1S/C15H18BrFN2O2/c1-15(2,3)13-14(21)18-7-12(20)19(13)8-9-4-10(16)6-11(17)5-9/h4-6,13H,7-8H2,1-3H3,(H,18,21). The summed E-state index contributed by atoms with van der Waals surface area (Å²) in [7, 11) is 0. The van der Waals surface area contributed by atoms with E-state index < -0.39 is 11.5 Å². The van der Waals surface area contributed by atoms with Gasteiger partial charge in [0.2, 0.25) is 11.8 Å². The number of piperazine rings is 1. The first-order chi connectivity index (χ1) is 9.68. The van der Waals surface area contributed by atoms with E-state index in [1.165, 1.54) is 17.0 Å². The molecule has 1 atom stereocenters. The van der Waals surface area contributed by atoms with Gasteiger partial charge < -0.3 is 10.2 Å². The number of amides is 2. The van der Waals surface area contributed by atoms with Crippen molar-refractivity contribution in [2.24, 2.45) is 5.41 Å². The molecular formula is C15H18BrFN2O2. The first-order valence-electron chi connectivity index (χ1n) is 6.70. The van der Waals surface area contributed by atoms with Gasteiger partial charge in [-0.25, -0.2) is 4.39 Å². The molecule has 2 amide bonds. The van der Waals surface area contributed by atoms with E-state index in [-0.39, 0.29) is 30.7 Å². The van der Waals surface area contributed by atoms with Crippen molar-refractivity contribution >= 4 is 27.7 Å². The van der Waals surface area contributed by atoms with Crippen LogP contribution in [-0.4, -0.2) is 29.3 Å². The second-order valence-corrected chi connectivity index (χ2v) is 7.20. The number of hydrogen-bond donors (Lipinski definition) is 1. The molecule has 1 N–H and O–H groups in total. The summed E-state index contributed by atoms with van der Waals surface area (Å²) in [5.41, 5.74) is 0.254. The average molecular weight is 357 g/mol. The van der Waals surface area contributed by atoms with Gasteiger partial charge in [-0.3, -0.25) is 9.59 Å². The first-order valence-corrected chi connectivity index (χ1v) is 7.50. The van der Waals surface area contributed by atoms with E-state index in [4.69, 9.17) is 0 Å². The first kappa shape index (κ1) is 15.9. The van der Waals surface area contributed by atoms with Gasteiger partial charge in [-0.1, -0.05) is 36.7 Å². The van der Waals surface area contributed by atoms with Crippen molar-refractivity contribution in [1.82, 2.24) is 10.2 Å². The molecule has 1 aromatic rings. The topological polar surface area (TPSA) is 49.4 Å². The van der Waals surface area contributed by atoms with Crippen molar-refractivity contribution in [3.63, 3.8) is 0 Å². The highest BCUT2D eigenvalue weighted by Crippen LogP contribution is 2.28. The summed E-state index contributed by atoms with van der Waals surface area (Å²) in [6, 6.07) is 3.92. The Morgan fingerprint density at radius 2 is 2.00 bits per heavy atom. The second-order valence-electron chi connectivity index (χ2n) is 6.29. The van der Waals surface area contributed by atoms with Crippen LogP contribution in [-0.2, 0) is 16.1 Å². The predicted molar refractivity (Wildman–Crippen MR) is 80.9 cm³/mol. The van der Waals surface area contributed by atoms with E-state index in [0.717, 1.165) is 0 Å². The monoisotopic (exact) mass is 356 g/mol. The molecule has 114 valence electrons. The molecule has 0 spiro atoms. The zero-order valence-electron chi connectivity index (χ0n) is 12.2.